The number of fused-ring (bicyclic) bond motifs is 2. The van der Waals surface area contributed by atoms with Crippen molar-refractivity contribution < 1.29 is 9.47 Å². The van der Waals surface area contributed by atoms with E-state index >= 15 is 0 Å². The lowest BCUT2D eigenvalue weighted by Crippen LogP contribution is -2.20. The Labute approximate surface area is 158 Å². The molecule has 0 saturated heterocycles. The van der Waals surface area contributed by atoms with Crippen molar-refractivity contribution in [3.8, 4) is 28.8 Å². The Morgan fingerprint density at radius 3 is 3.04 bits per heavy atom. The summed E-state index contributed by atoms with van der Waals surface area (Å²) in [5, 5.41) is 0. The van der Waals surface area contributed by atoms with Crippen molar-refractivity contribution in [2.24, 2.45) is 0 Å². The van der Waals surface area contributed by atoms with Gasteiger partial charge in [0.25, 0.3) is 5.56 Å². The van der Waals surface area contributed by atoms with Crippen LogP contribution in [0.2, 0.25) is 0 Å². The predicted octanol–water partition coefficient (Wildman–Crippen LogP) is 4.46. The third-order valence-corrected chi connectivity index (χ3v) is 4.54. The topological polar surface area (TPSA) is 64.2 Å². The van der Waals surface area contributed by atoms with Crippen molar-refractivity contribution in [1.29, 1.82) is 0 Å². The molecule has 0 bridgehead atoms. The molecule has 0 spiro atoms. The Hall–Kier alpha value is -2.86. The molecule has 6 heteroatoms. The van der Waals surface area contributed by atoms with Crippen molar-refractivity contribution in [3.05, 3.63) is 81.1 Å². The average Bonchev–Trinajstić information content (AvgIpc) is 2.65. The van der Waals surface area contributed by atoms with Gasteiger partial charge in [-0.05, 0) is 30.3 Å². The summed E-state index contributed by atoms with van der Waals surface area (Å²) in [5.41, 5.74) is 2.02. The highest BCUT2D eigenvalue weighted by Gasteiger charge is 2.22. The summed E-state index contributed by atoms with van der Waals surface area (Å²) in [6.45, 7) is 4.05. The molecular weight excluding hydrogens is 396 g/mol. The van der Waals surface area contributed by atoms with Gasteiger partial charge in [-0.1, -0.05) is 40.7 Å². The van der Waals surface area contributed by atoms with Gasteiger partial charge in [0.1, 0.15) is 23.9 Å². The molecular formula is C20H15BrN2O3. The lowest BCUT2D eigenvalue weighted by Gasteiger charge is -2.19. The number of benzene rings is 2. The van der Waals surface area contributed by atoms with Crippen LogP contribution in [0.15, 0.2) is 64.4 Å². The van der Waals surface area contributed by atoms with E-state index in [1.54, 1.807) is 6.08 Å². The highest BCUT2D eigenvalue weighted by Crippen LogP contribution is 2.35. The van der Waals surface area contributed by atoms with E-state index in [0.717, 1.165) is 15.6 Å². The normalized spacial score (nSPS) is 11.9. The van der Waals surface area contributed by atoms with Crippen molar-refractivity contribution in [2.75, 3.05) is 6.61 Å². The molecule has 2 heterocycles. The number of rotatable bonds is 4. The van der Waals surface area contributed by atoms with Crippen molar-refractivity contribution in [3.63, 3.8) is 0 Å². The zero-order valence-electron chi connectivity index (χ0n) is 13.8. The highest BCUT2D eigenvalue weighted by molar-refractivity contribution is 9.10. The first-order valence-corrected chi connectivity index (χ1v) is 8.87. The smallest absolute Gasteiger partial charge is 0.258 e. The van der Waals surface area contributed by atoms with Gasteiger partial charge in [-0.2, -0.15) is 4.98 Å². The molecule has 0 atom stereocenters. The fraction of sp³-hybridized carbons (Fsp3) is 0.100. The molecule has 1 aliphatic rings. The van der Waals surface area contributed by atoms with Gasteiger partial charge >= 0.3 is 0 Å². The zero-order chi connectivity index (χ0) is 18.1. The van der Waals surface area contributed by atoms with Gasteiger partial charge < -0.3 is 14.5 Å². The first-order valence-electron chi connectivity index (χ1n) is 8.07. The van der Waals surface area contributed by atoms with Crippen LogP contribution in [0.4, 0.5) is 0 Å². The second-order valence-corrected chi connectivity index (χ2v) is 6.77. The van der Waals surface area contributed by atoms with Gasteiger partial charge in [0, 0.05) is 22.0 Å². The summed E-state index contributed by atoms with van der Waals surface area (Å²) < 4.78 is 12.4. The van der Waals surface area contributed by atoms with Crippen LogP contribution >= 0.6 is 15.9 Å². The van der Waals surface area contributed by atoms with Crippen LogP contribution in [-0.4, -0.2) is 16.6 Å². The number of nitrogens with one attached hydrogen (secondary N) is 1. The number of aromatic nitrogens is 2. The van der Waals surface area contributed by atoms with Crippen LogP contribution in [-0.2, 0) is 6.42 Å². The molecule has 1 N–H and O–H groups in total. The number of halogens is 1. The van der Waals surface area contributed by atoms with Crippen LogP contribution in [0.25, 0.3) is 11.4 Å². The monoisotopic (exact) mass is 410 g/mol. The van der Waals surface area contributed by atoms with Gasteiger partial charge in [0.15, 0.2) is 0 Å². The molecule has 0 radical (unpaired) electrons. The summed E-state index contributed by atoms with van der Waals surface area (Å²) in [6.07, 6.45) is 2.16. The first kappa shape index (κ1) is 16.6. The number of hydrogen-bond acceptors (Lipinski definition) is 4. The molecule has 2 aromatic carbocycles. The number of H-pyrrole nitrogens is 1. The Bertz CT molecular complexity index is 1060. The Morgan fingerprint density at radius 1 is 1.31 bits per heavy atom. The van der Waals surface area contributed by atoms with Crippen molar-refractivity contribution >= 4 is 15.9 Å². The quantitative estimate of drug-likeness (QED) is 0.504. The van der Waals surface area contributed by atoms with E-state index in [4.69, 9.17) is 9.47 Å². The first-order chi connectivity index (χ1) is 12.6. The van der Waals surface area contributed by atoms with Crippen LogP contribution < -0.4 is 15.0 Å². The second-order valence-electron chi connectivity index (χ2n) is 5.86. The van der Waals surface area contributed by atoms with E-state index in [-0.39, 0.29) is 5.56 Å². The molecule has 0 unspecified atom stereocenters. The van der Waals surface area contributed by atoms with Gasteiger partial charge in [-0.15, -0.1) is 0 Å². The minimum atomic E-state index is -0.201. The second kappa shape index (κ2) is 6.80. The minimum absolute atomic E-state index is 0.201. The molecule has 4 rings (SSSR count). The van der Waals surface area contributed by atoms with Crippen LogP contribution in [0.5, 0.6) is 17.4 Å². The fourth-order valence-corrected chi connectivity index (χ4v) is 3.23. The van der Waals surface area contributed by atoms with Gasteiger partial charge in [0.2, 0.25) is 5.88 Å². The molecule has 130 valence electrons. The van der Waals surface area contributed by atoms with E-state index < -0.39 is 0 Å². The Kier molecular flexibility index (Phi) is 4.34. The molecule has 1 aromatic heterocycles. The molecule has 5 nitrogen and oxygen atoms in total. The maximum Gasteiger partial charge on any atom is 0.258 e. The summed E-state index contributed by atoms with van der Waals surface area (Å²) in [7, 11) is 0. The lowest BCUT2D eigenvalue weighted by molar-refractivity contribution is 0.363. The summed E-state index contributed by atoms with van der Waals surface area (Å²) in [5.74, 6) is 2.18. The van der Waals surface area contributed by atoms with Crippen LogP contribution in [0.3, 0.4) is 0 Å². The number of hydrogen-bond donors (Lipinski definition) is 1. The number of nitrogens with zero attached hydrogens (tertiary/aromatic N) is 1. The lowest BCUT2D eigenvalue weighted by atomic mass is 10.0. The standard InChI is InChI=1S/C20H15BrN2O3/c1-2-8-25-15-5-3-4-12(10-15)18-22-19(24)16-11-13-9-14(21)6-7-17(13)26-20(16)23-18/h2-7,9-10H,1,8,11H2,(H,22,23,24). The third-order valence-electron chi connectivity index (χ3n) is 4.05. The largest absolute Gasteiger partial charge is 0.490 e. The fourth-order valence-electron chi connectivity index (χ4n) is 2.82. The van der Waals surface area contributed by atoms with E-state index in [1.807, 2.05) is 42.5 Å². The van der Waals surface area contributed by atoms with E-state index in [2.05, 4.69) is 32.5 Å². The maximum absolute atomic E-state index is 12.6. The molecule has 0 aliphatic carbocycles. The predicted molar refractivity (Wildman–Crippen MR) is 103 cm³/mol. The van der Waals surface area contributed by atoms with E-state index in [9.17, 15) is 4.79 Å². The third kappa shape index (κ3) is 3.15. The molecule has 1 aliphatic heterocycles. The van der Waals surface area contributed by atoms with Gasteiger partial charge in [0.05, 0.1) is 5.56 Å². The molecule has 0 amide bonds. The summed E-state index contributed by atoms with van der Waals surface area (Å²) in [4.78, 5) is 19.9. The van der Waals surface area contributed by atoms with Gasteiger partial charge in [-0.3, -0.25) is 4.79 Å². The van der Waals surface area contributed by atoms with Crippen LogP contribution in [0, 0.1) is 0 Å². The van der Waals surface area contributed by atoms with E-state index in [0.29, 0.717) is 41.8 Å². The van der Waals surface area contributed by atoms with Crippen LogP contribution in [0.1, 0.15) is 11.1 Å². The molecule has 0 saturated carbocycles. The SMILES string of the molecule is C=CCOc1cccc(-c2nc3c(c(=O)[nH]2)Cc2cc(Br)ccc2O3)c1. The highest BCUT2D eigenvalue weighted by atomic mass is 79.9. The molecule has 26 heavy (non-hydrogen) atoms. The van der Waals surface area contributed by atoms with Crippen molar-refractivity contribution in [1.82, 2.24) is 9.97 Å². The summed E-state index contributed by atoms with van der Waals surface area (Å²) in [6, 6.07) is 13.1. The van der Waals surface area contributed by atoms with Crippen molar-refractivity contribution in [2.45, 2.75) is 6.42 Å². The summed E-state index contributed by atoms with van der Waals surface area (Å²) >= 11 is 3.44. The molecule has 3 aromatic rings. The zero-order valence-corrected chi connectivity index (χ0v) is 15.4. The number of aromatic amines is 1. The average molecular weight is 411 g/mol. The minimum Gasteiger partial charge on any atom is -0.490 e. The Balaban J connectivity index is 1.73. The Morgan fingerprint density at radius 2 is 2.19 bits per heavy atom. The van der Waals surface area contributed by atoms with E-state index in [1.165, 1.54) is 0 Å². The molecule has 0 fully saturated rings. The number of ether oxygens (including phenoxy) is 2. The van der Waals surface area contributed by atoms with Gasteiger partial charge in [-0.25, -0.2) is 0 Å². The maximum atomic E-state index is 12.6.